The number of amides is 3. The van der Waals surface area contributed by atoms with E-state index in [1.165, 1.54) is 11.8 Å². The van der Waals surface area contributed by atoms with E-state index < -0.39 is 35.8 Å². The van der Waals surface area contributed by atoms with Crippen LogP contribution in [0.3, 0.4) is 0 Å². The fourth-order valence-corrected chi connectivity index (χ4v) is 5.12. The summed E-state index contributed by atoms with van der Waals surface area (Å²) < 4.78 is 5.62. The first-order valence-corrected chi connectivity index (χ1v) is 13.9. The van der Waals surface area contributed by atoms with Crippen LogP contribution in [0.4, 0.5) is 4.79 Å². The third kappa shape index (κ3) is 7.95. The molecule has 1 saturated heterocycles. The number of ether oxygens (including phenoxy) is 1. The molecule has 0 radical (unpaired) electrons. The highest BCUT2D eigenvalue weighted by molar-refractivity contribution is 5.88. The standard InChI is InChI=1S/C33H39N3O5/c1-23(37)34-28(21-25-14-11-17-27(20-25)26-15-9-6-10-16-26)30(38)29-31(39)35(22-24-12-7-5-8-13-24)18-19-36(29)32(40)41-33(2,3)4/h5-17,20,28-30,38H,18-19,21-22H2,1-4H3,(H,34,37)/t28-,29-,30-/m0/s1. The molecular weight excluding hydrogens is 518 g/mol. The smallest absolute Gasteiger partial charge is 0.411 e. The average molecular weight is 558 g/mol. The van der Waals surface area contributed by atoms with E-state index in [9.17, 15) is 19.5 Å². The minimum Gasteiger partial charge on any atom is -0.444 e. The van der Waals surface area contributed by atoms with Crippen LogP contribution in [0.2, 0.25) is 0 Å². The van der Waals surface area contributed by atoms with Gasteiger partial charge in [-0.3, -0.25) is 14.5 Å². The summed E-state index contributed by atoms with van der Waals surface area (Å²) >= 11 is 0. The molecule has 0 saturated carbocycles. The molecular formula is C33H39N3O5. The SMILES string of the molecule is CC(=O)N[C@@H](Cc1cccc(-c2ccccc2)c1)[C@H](O)[C@H]1C(=O)N(Cc2ccccc2)CCN1C(=O)OC(C)(C)C. The molecule has 3 aromatic rings. The number of rotatable bonds is 8. The Kier molecular flexibility index (Phi) is 9.45. The van der Waals surface area contributed by atoms with Crippen molar-refractivity contribution in [1.82, 2.24) is 15.1 Å². The summed E-state index contributed by atoms with van der Waals surface area (Å²) in [4.78, 5) is 42.4. The Balaban J connectivity index is 1.64. The van der Waals surface area contributed by atoms with Crippen molar-refractivity contribution in [2.24, 2.45) is 0 Å². The molecule has 216 valence electrons. The molecule has 1 fully saturated rings. The number of nitrogens with one attached hydrogen (secondary N) is 1. The van der Waals surface area contributed by atoms with Gasteiger partial charge in [0, 0.05) is 26.6 Å². The van der Waals surface area contributed by atoms with Crippen LogP contribution in [0.1, 0.15) is 38.8 Å². The molecule has 8 nitrogen and oxygen atoms in total. The number of hydrogen-bond acceptors (Lipinski definition) is 5. The summed E-state index contributed by atoms with van der Waals surface area (Å²) in [6.45, 7) is 7.45. The molecule has 3 aromatic carbocycles. The van der Waals surface area contributed by atoms with Gasteiger partial charge in [0.25, 0.3) is 0 Å². The fraction of sp³-hybridized carbons (Fsp3) is 0.364. The van der Waals surface area contributed by atoms with Crippen LogP contribution in [-0.4, -0.2) is 69.7 Å². The maximum absolute atomic E-state index is 13.9. The van der Waals surface area contributed by atoms with E-state index in [0.29, 0.717) is 13.1 Å². The Labute approximate surface area is 241 Å². The number of aliphatic hydroxyl groups excluding tert-OH is 1. The van der Waals surface area contributed by atoms with Crippen molar-refractivity contribution in [2.75, 3.05) is 13.1 Å². The van der Waals surface area contributed by atoms with Crippen molar-refractivity contribution in [3.05, 3.63) is 96.1 Å². The van der Waals surface area contributed by atoms with Crippen LogP contribution in [0.5, 0.6) is 0 Å². The number of nitrogens with zero attached hydrogens (tertiary/aromatic N) is 2. The summed E-state index contributed by atoms with van der Waals surface area (Å²) in [7, 11) is 0. The Hall–Kier alpha value is -4.17. The molecule has 41 heavy (non-hydrogen) atoms. The third-order valence-electron chi connectivity index (χ3n) is 6.97. The quantitative estimate of drug-likeness (QED) is 0.428. The number of piperazine rings is 1. The van der Waals surface area contributed by atoms with Crippen molar-refractivity contribution >= 4 is 17.9 Å². The van der Waals surface area contributed by atoms with Crippen LogP contribution in [0.25, 0.3) is 11.1 Å². The normalized spacial score (nSPS) is 17.1. The van der Waals surface area contributed by atoms with Crippen molar-refractivity contribution in [3.63, 3.8) is 0 Å². The maximum Gasteiger partial charge on any atom is 0.411 e. The summed E-state index contributed by atoms with van der Waals surface area (Å²) in [6, 6.07) is 25.3. The Morgan fingerprint density at radius 3 is 2.17 bits per heavy atom. The largest absolute Gasteiger partial charge is 0.444 e. The van der Waals surface area contributed by atoms with Crippen molar-refractivity contribution in [3.8, 4) is 11.1 Å². The topological polar surface area (TPSA) is 99.2 Å². The monoisotopic (exact) mass is 557 g/mol. The second-order valence-corrected chi connectivity index (χ2v) is 11.4. The van der Waals surface area contributed by atoms with Gasteiger partial charge in [0.05, 0.1) is 6.04 Å². The van der Waals surface area contributed by atoms with Crippen LogP contribution in [0.15, 0.2) is 84.9 Å². The maximum atomic E-state index is 13.9. The number of aliphatic hydroxyl groups is 1. The van der Waals surface area contributed by atoms with Gasteiger partial charge >= 0.3 is 6.09 Å². The summed E-state index contributed by atoms with van der Waals surface area (Å²) in [5, 5.41) is 14.6. The molecule has 4 rings (SSSR count). The van der Waals surface area contributed by atoms with Crippen molar-refractivity contribution in [1.29, 1.82) is 0 Å². The van der Waals surface area contributed by atoms with Crippen LogP contribution in [0, 0.1) is 0 Å². The first-order chi connectivity index (χ1) is 19.5. The zero-order chi connectivity index (χ0) is 29.6. The van der Waals surface area contributed by atoms with Gasteiger partial charge in [0.2, 0.25) is 11.8 Å². The van der Waals surface area contributed by atoms with Gasteiger partial charge in [0.15, 0.2) is 0 Å². The molecule has 1 aliphatic heterocycles. The highest BCUT2D eigenvalue weighted by atomic mass is 16.6. The van der Waals surface area contributed by atoms with Gasteiger partial charge in [-0.2, -0.15) is 0 Å². The first kappa shape index (κ1) is 29.8. The van der Waals surface area contributed by atoms with Crippen molar-refractivity contribution in [2.45, 2.75) is 64.4 Å². The molecule has 1 aliphatic rings. The second kappa shape index (κ2) is 13.0. The number of carbonyl (C=O) groups excluding carboxylic acids is 3. The predicted octanol–water partition coefficient (Wildman–Crippen LogP) is 4.41. The zero-order valence-electron chi connectivity index (χ0n) is 24.1. The number of carbonyl (C=O) groups is 3. The lowest BCUT2D eigenvalue weighted by molar-refractivity contribution is -0.149. The van der Waals surface area contributed by atoms with E-state index >= 15 is 0 Å². The van der Waals surface area contributed by atoms with Crippen LogP contribution < -0.4 is 5.32 Å². The highest BCUT2D eigenvalue weighted by Crippen LogP contribution is 2.25. The molecule has 2 N–H and O–H groups in total. The zero-order valence-corrected chi connectivity index (χ0v) is 24.1. The lowest BCUT2D eigenvalue weighted by Gasteiger charge is -2.44. The van der Waals surface area contributed by atoms with Gasteiger partial charge in [-0.25, -0.2) is 4.79 Å². The Bertz CT molecular complexity index is 1340. The molecule has 3 amide bonds. The summed E-state index contributed by atoms with van der Waals surface area (Å²) in [6.07, 6.45) is -1.81. The lowest BCUT2D eigenvalue weighted by atomic mass is 9.92. The molecule has 0 unspecified atom stereocenters. The van der Waals surface area contributed by atoms with Gasteiger partial charge in [-0.05, 0) is 49.4 Å². The van der Waals surface area contributed by atoms with Gasteiger partial charge < -0.3 is 20.1 Å². The second-order valence-electron chi connectivity index (χ2n) is 11.4. The van der Waals surface area contributed by atoms with Gasteiger partial charge in [-0.15, -0.1) is 0 Å². The Morgan fingerprint density at radius 2 is 1.54 bits per heavy atom. The minimum absolute atomic E-state index is 0.186. The van der Waals surface area contributed by atoms with Crippen LogP contribution in [-0.2, 0) is 27.3 Å². The van der Waals surface area contributed by atoms with E-state index in [0.717, 1.165) is 22.3 Å². The first-order valence-electron chi connectivity index (χ1n) is 13.9. The molecule has 1 heterocycles. The predicted molar refractivity (Wildman–Crippen MR) is 158 cm³/mol. The van der Waals surface area contributed by atoms with E-state index in [1.807, 2.05) is 84.9 Å². The fourth-order valence-electron chi connectivity index (χ4n) is 5.12. The Morgan fingerprint density at radius 1 is 0.927 bits per heavy atom. The van der Waals surface area contributed by atoms with E-state index in [4.69, 9.17) is 4.74 Å². The summed E-state index contributed by atoms with van der Waals surface area (Å²) in [5.74, 6) is -0.742. The summed E-state index contributed by atoms with van der Waals surface area (Å²) in [5.41, 5.74) is 3.07. The molecule has 0 spiro atoms. The third-order valence-corrected chi connectivity index (χ3v) is 6.97. The van der Waals surface area contributed by atoms with Crippen LogP contribution >= 0.6 is 0 Å². The number of hydrogen-bond donors (Lipinski definition) is 2. The highest BCUT2D eigenvalue weighted by Gasteiger charge is 2.46. The molecule has 8 heteroatoms. The average Bonchev–Trinajstić information content (AvgIpc) is 2.93. The molecule has 0 aromatic heterocycles. The number of benzene rings is 3. The molecule has 3 atom stereocenters. The van der Waals surface area contributed by atoms with Crippen molar-refractivity contribution < 1.29 is 24.2 Å². The van der Waals surface area contributed by atoms with E-state index in [1.54, 1.807) is 25.7 Å². The minimum atomic E-state index is -1.39. The molecule has 0 bridgehead atoms. The molecule has 0 aliphatic carbocycles. The van der Waals surface area contributed by atoms with E-state index in [-0.39, 0.29) is 18.9 Å². The van der Waals surface area contributed by atoms with E-state index in [2.05, 4.69) is 5.32 Å². The van der Waals surface area contributed by atoms with Gasteiger partial charge in [0.1, 0.15) is 17.7 Å². The van der Waals surface area contributed by atoms with Gasteiger partial charge in [-0.1, -0.05) is 84.9 Å². The lowest BCUT2D eigenvalue weighted by Crippen LogP contribution is -2.66.